The Balaban J connectivity index is 2.59. The van der Waals surface area contributed by atoms with Crippen molar-refractivity contribution in [3.63, 3.8) is 0 Å². The van der Waals surface area contributed by atoms with Crippen molar-refractivity contribution >= 4 is 17.0 Å². The molecule has 0 spiro atoms. The third-order valence-electron chi connectivity index (χ3n) is 3.69. The van der Waals surface area contributed by atoms with E-state index in [1.54, 1.807) is 6.92 Å². The number of carboxylic acids is 1. The minimum Gasteiger partial charge on any atom is -0.481 e. The number of carbonyl (C=O) groups is 1. The summed E-state index contributed by atoms with van der Waals surface area (Å²) in [5, 5.41) is 9.18. The van der Waals surface area contributed by atoms with E-state index < -0.39 is 11.9 Å². The molecule has 0 aliphatic carbocycles. The molecule has 0 radical (unpaired) electrons. The predicted octanol–water partition coefficient (Wildman–Crippen LogP) is 3.44. The molecule has 0 amide bonds. The standard InChI is InChI=1S/C15H20N2O2/c1-9(2)17-13-8-6-5-7-12(13)16-14(17)10(3)11(4)15(18)19/h5-11H,1-4H3,(H,18,19). The number of fused-ring (bicyclic) bond motifs is 1. The molecular weight excluding hydrogens is 240 g/mol. The van der Waals surface area contributed by atoms with Crippen LogP contribution in [-0.2, 0) is 4.79 Å². The maximum Gasteiger partial charge on any atom is 0.306 e. The SMILES string of the molecule is CC(C(=O)O)C(C)c1nc2ccccc2n1C(C)C. The number of hydrogen-bond acceptors (Lipinski definition) is 2. The van der Waals surface area contributed by atoms with Crippen molar-refractivity contribution in [2.75, 3.05) is 0 Å². The van der Waals surface area contributed by atoms with Gasteiger partial charge in [-0.25, -0.2) is 4.98 Å². The van der Waals surface area contributed by atoms with Gasteiger partial charge in [0.25, 0.3) is 0 Å². The molecule has 19 heavy (non-hydrogen) atoms. The second-order valence-corrected chi connectivity index (χ2v) is 5.34. The van der Waals surface area contributed by atoms with Crippen LogP contribution in [0.25, 0.3) is 11.0 Å². The lowest BCUT2D eigenvalue weighted by Crippen LogP contribution is -2.20. The molecule has 1 aromatic heterocycles. The van der Waals surface area contributed by atoms with Gasteiger partial charge in [-0.3, -0.25) is 4.79 Å². The fraction of sp³-hybridized carbons (Fsp3) is 0.467. The Morgan fingerprint density at radius 3 is 2.42 bits per heavy atom. The molecule has 0 aliphatic rings. The highest BCUT2D eigenvalue weighted by molar-refractivity contribution is 5.77. The maximum atomic E-state index is 11.2. The summed E-state index contributed by atoms with van der Waals surface area (Å²) in [5.41, 5.74) is 1.99. The van der Waals surface area contributed by atoms with Crippen molar-refractivity contribution in [2.45, 2.75) is 39.7 Å². The Bertz CT molecular complexity index is 601. The van der Waals surface area contributed by atoms with Crippen LogP contribution in [0.2, 0.25) is 0 Å². The first-order chi connectivity index (χ1) is 8.93. The van der Waals surface area contributed by atoms with Gasteiger partial charge in [-0.1, -0.05) is 26.0 Å². The molecule has 2 rings (SSSR count). The van der Waals surface area contributed by atoms with E-state index in [1.807, 2.05) is 31.2 Å². The number of carboxylic acid groups (broad SMARTS) is 1. The lowest BCUT2D eigenvalue weighted by molar-refractivity contribution is -0.141. The number of rotatable bonds is 4. The first-order valence-electron chi connectivity index (χ1n) is 6.63. The van der Waals surface area contributed by atoms with Gasteiger partial charge >= 0.3 is 5.97 Å². The topological polar surface area (TPSA) is 55.1 Å². The second kappa shape index (κ2) is 5.03. The monoisotopic (exact) mass is 260 g/mol. The highest BCUT2D eigenvalue weighted by atomic mass is 16.4. The fourth-order valence-corrected chi connectivity index (χ4v) is 2.36. The summed E-state index contributed by atoms with van der Waals surface area (Å²) in [6, 6.07) is 8.19. The summed E-state index contributed by atoms with van der Waals surface area (Å²) in [7, 11) is 0. The highest BCUT2D eigenvalue weighted by Gasteiger charge is 2.26. The van der Waals surface area contributed by atoms with Gasteiger partial charge in [-0.2, -0.15) is 0 Å². The molecular formula is C15H20N2O2. The number of para-hydroxylation sites is 2. The second-order valence-electron chi connectivity index (χ2n) is 5.34. The predicted molar refractivity (Wildman–Crippen MR) is 75.3 cm³/mol. The van der Waals surface area contributed by atoms with E-state index in [4.69, 9.17) is 0 Å². The van der Waals surface area contributed by atoms with E-state index in [9.17, 15) is 9.90 Å². The summed E-state index contributed by atoms with van der Waals surface area (Å²) in [6.07, 6.45) is 0. The number of nitrogens with zero attached hydrogens (tertiary/aromatic N) is 2. The number of hydrogen-bond donors (Lipinski definition) is 1. The molecule has 0 saturated carbocycles. The lowest BCUT2D eigenvalue weighted by atomic mass is 9.95. The van der Waals surface area contributed by atoms with Crippen LogP contribution in [0.15, 0.2) is 24.3 Å². The Morgan fingerprint density at radius 1 is 1.21 bits per heavy atom. The van der Waals surface area contributed by atoms with Crippen molar-refractivity contribution in [2.24, 2.45) is 5.92 Å². The van der Waals surface area contributed by atoms with Crippen molar-refractivity contribution in [3.05, 3.63) is 30.1 Å². The average molecular weight is 260 g/mol. The van der Waals surface area contributed by atoms with Gasteiger partial charge in [0.15, 0.2) is 0 Å². The third kappa shape index (κ3) is 2.35. The van der Waals surface area contributed by atoms with Crippen LogP contribution in [0.5, 0.6) is 0 Å². The van der Waals surface area contributed by atoms with Gasteiger partial charge < -0.3 is 9.67 Å². The summed E-state index contributed by atoms with van der Waals surface area (Å²) in [4.78, 5) is 15.8. The number of benzene rings is 1. The Labute approximate surface area is 113 Å². The highest BCUT2D eigenvalue weighted by Crippen LogP contribution is 2.30. The molecule has 4 heteroatoms. The first kappa shape index (κ1) is 13.6. The molecule has 2 unspecified atom stereocenters. The van der Waals surface area contributed by atoms with E-state index >= 15 is 0 Å². The molecule has 1 aromatic carbocycles. The number of aliphatic carboxylic acids is 1. The van der Waals surface area contributed by atoms with Gasteiger partial charge in [-0.15, -0.1) is 0 Å². The molecule has 0 aliphatic heterocycles. The summed E-state index contributed by atoms with van der Waals surface area (Å²) >= 11 is 0. The van der Waals surface area contributed by atoms with Crippen molar-refractivity contribution in [1.29, 1.82) is 0 Å². The van der Waals surface area contributed by atoms with Gasteiger partial charge in [0.1, 0.15) is 5.82 Å². The molecule has 0 fully saturated rings. The van der Waals surface area contributed by atoms with Crippen LogP contribution in [0.1, 0.15) is 45.5 Å². The third-order valence-corrected chi connectivity index (χ3v) is 3.69. The zero-order valence-electron chi connectivity index (χ0n) is 11.8. The molecule has 4 nitrogen and oxygen atoms in total. The Kier molecular flexibility index (Phi) is 3.60. The summed E-state index contributed by atoms with van der Waals surface area (Å²) < 4.78 is 2.14. The first-order valence-corrected chi connectivity index (χ1v) is 6.63. The largest absolute Gasteiger partial charge is 0.481 e. The quantitative estimate of drug-likeness (QED) is 0.916. The zero-order chi connectivity index (χ0) is 14.2. The lowest BCUT2D eigenvalue weighted by Gasteiger charge is -2.20. The summed E-state index contributed by atoms with van der Waals surface area (Å²) in [6.45, 7) is 7.85. The van der Waals surface area contributed by atoms with Crippen LogP contribution < -0.4 is 0 Å². The van der Waals surface area contributed by atoms with Crippen LogP contribution in [0.3, 0.4) is 0 Å². The molecule has 2 aromatic rings. The molecule has 0 saturated heterocycles. The smallest absolute Gasteiger partial charge is 0.306 e. The van der Waals surface area contributed by atoms with Crippen molar-refractivity contribution in [1.82, 2.24) is 9.55 Å². The molecule has 102 valence electrons. The Morgan fingerprint density at radius 2 is 1.84 bits per heavy atom. The van der Waals surface area contributed by atoms with Crippen molar-refractivity contribution < 1.29 is 9.90 Å². The van der Waals surface area contributed by atoms with Gasteiger partial charge in [0.05, 0.1) is 17.0 Å². The minimum absolute atomic E-state index is 0.118. The van der Waals surface area contributed by atoms with E-state index in [1.165, 1.54) is 0 Å². The minimum atomic E-state index is -0.783. The molecule has 2 atom stereocenters. The molecule has 1 heterocycles. The van der Waals surface area contributed by atoms with Crippen LogP contribution in [0.4, 0.5) is 0 Å². The molecule has 1 N–H and O–H groups in total. The van der Waals surface area contributed by atoms with E-state index in [2.05, 4.69) is 23.4 Å². The van der Waals surface area contributed by atoms with Gasteiger partial charge in [-0.05, 0) is 26.0 Å². The fourth-order valence-electron chi connectivity index (χ4n) is 2.36. The molecule has 0 bridgehead atoms. The zero-order valence-corrected chi connectivity index (χ0v) is 11.8. The average Bonchev–Trinajstić information content (AvgIpc) is 2.75. The van der Waals surface area contributed by atoms with E-state index in [0.29, 0.717) is 0 Å². The van der Waals surface area contributed by atoms with Gasteiger partial charge in [0.2, 0.25) is 0 Å². The van der Waals surface area contributed by atoms with E-state index in [0.717, 1.165) is 16.9 Å². The Hall–Kier alpha value is -1.84. The summed E-state index contributed by atoms with van der Waals surface area (Å²) in [5.74, 6) is -0.498. The number of imidazole rings is 1. The maximum absolute atomic E-state index is 11.2. The van der Waals surface area contributed by atoms with Crippen molar-refractivity contribution in [3.8, 4) is 0 Å². The van der Waals surface area contributed by atoms with Crippen LogP contribution >= 0.6 is 0 Å². The van der Waals surface area contributed by atoms with Crippen LogP contribution in [0, 0.1) is 5.92 Å². The van der Waals surface area contributed by atoms with Crippen LogP contribution in [-0.4, -0.2) is 20.6 Å². The van der Waals surface area contributed by atoms with Gasteiger partial charge in [0, 0.05) is 12.0 Å². The number of aromatic nitrogens is 2. The normalized spacial score (nSPS) is 14.8. The van der Waals surface area contributed by atoms with E-state index in [-0.39, 0.29) is 12.0 Å².